The number of carbonyl (C=O) groups is 1. The van der Waals surface area contributed by atoms with Crippen molar-refractivity contribution in [3.8, 4) is 0 Å². The summed E-state index contributed by atoms with van der Waals surface area (Å²) in [5.74, 6) is 0. The minimum atomic E-state index is -0.447. The van der Waals surface area contributed by atoms with Gasteiger partial charge in [0.15, 0.2) is 0 Å². The molecule has 0 aromatic heterocycles. The zero-order valence-corrected chi connectivity index (χ0v) is 9.14. The van der Waals surface area contributed by atoms with Crippen LogP contribution in [-0.2, 0) is 11.2 Å². The van der Waals surface area contributed by atoms with Gasteiger partial charge in [-0.2, -0.15) is 0 Å². The minimum Gasteiger partial charge on any atom is -0.444 e. The summed E-state index contributed by atoms with van der Waals surface area (Å²) in [4.78, 5) is 11.0. The highest BCUT2D eigenvalue weighted by molar-refractivity contribution is 5.70. The summed E-state index contributed by atoms with van der Waals surface area (Å²) < 4.78 is 5.10. The van der Waals surface area contributed by atoms with Crippen LogP contribution in [0, 0.1) is 6.92 Å². The molecule has 0 spiro atoms. The number of nitrogens with one attached hydrogen (secondary N) is 1. The Kier molecular flexibility index (Phi) is 3.10. The molecule has 1 aliphatic heterocycles. The largest absolute Gasteiger partial charge is 0.444 e. The highest BCUT2D eigenvalue weighted by Gasteiger charge is 2.33. The number of carbonyl (C=O) groups excluding carboxylic acids is 1. The van der Waals surface area contributed by atoms with E-state index in [9.17, 15) is 4.79 Å². The molecule has 0 radical (unpaired) electrons. The molecule has 1 fully saturated rings. The number of aliphatic hydroxyl groups is 1. The van der Waals surface area contributed by atoms with Crippen LogP contribution >= 0.6 is 0 Å². The monoisotopic (exact) mass is 221 g/mol. The lowest BCUT2D eigenvalue weighted by Crippen LogP contribution is -2.36. The van der Waals surface area contributed by atoms with Crippen LogP contribution in [0.4, 0.5) is 4.79 Å². The Labute approximate surface area is 94.2 Å². The first-order valence-electron chi connectivity index (χ1n) is 5.32. The number of hydrogen-bond donors (Lipinski definition) is 2. The third-order valence-corrected chi connectivity index (χ3v) is 2.73. The summed E-state index contributed by atoms with van der Waals surface area (Å²) in [5, 5.41) is 11.7. The van der Waals surface area contributed by atoms with Gasteiger partial charge in [-0.15, -0.1) is 0 Å². The summed E-state index contributed by atoms with van der Waals surface area (Å²) in [6.07, 6.45) is -0.0953. The van der Waals surface area contributed by atoms with Crippen LogP contribution in [0.3, 0.4) is 0 Å². The van der Waals surface area contributed by atoms with E-state index in [1.807, 2.05) is 25.1 Å². The molecule has 2 atom stereocenters. The first-order valence-corrected chi connectivity index (χ1v) is 5.32. The van der Waals surface area contributed by atoms with E-state index in [2.05, 4.69) is 11.4 Å². The summed E-state index contributed by atoms with van der Waals surface area (Å²) in [5.41, 5.74) is 2.29. The van der Waals surface area contributed by atoms with Crippen molar-refractivity contribution < 1.29 is 14.6 Å². The van der Waals surface area contributed by atoms with Gasteiger partial charge in [-0.1, -0.05) is 29.8 Å². The van der Waals surface area contributed by atoms with E-state index in [0.29, 0.717) is 6.42 Å². The van der Waals surface area contributed by atoms with Crippen molar-refractivity contribution in [2.24, 2.45) is 0 Å². The standard InChI is InChI=1S/C12H15NO3/c1-8-3-2-4-9(5-8)6-11-10(7-14)13-12(15)16-11/h2-5,10-11,14H,6-7H2,1H3,(H,13,15). The number of hydrogen-bond acceptors (Lipinski definition) is 3. The Morgan fingerprint density at radius 2 is 2.31 bits per heavy atom. The van der Waals surface area contributed by atoms with Gasteiger partial charge in [0.1, 0.15) is 6.10 Å². The topological polar surface area (TPSA) is 58.6 Å². The number of aryl methyl sites for hydroxylation is 1. The lowest BCUT2D eigenvalue weighted by atomic mass is 10.0. The molecule has 1 saturated heterocycles. The summed E-state index contributed by atoms with van der Waals surface area (Å²) in [6, 6.07) is 7.75. The predicted molar refractivity (Wildman–Crippen MR) is 59.2 cm³/mol. The Balaban J connectivity index is 2.06. The molecule has 16 heavy (non-hydrogen) atoms. The van der Waals surface area contributed by atoms with Gasteiger partial charge in [0.2, 0.25) is 0 Å². The number of rotatable bonds is 3. The Morgan fingerprint density at radius 3 is 3.00 bits per heavy atom. The lowest BCUT2D eigenvalue weighted by molar-refractivity contribution is 0.119. The van der Waals surface area contributed by atoms with Crippen molar-refractivity contribution >= 4 is 6.09 Å². The second kappa shape index (κ2) is 4.53. The number of aliphatic hydroxyl groups excluding tert-OH is 1. The van der Waals surface area contributed by atoms with Crippen molar-refractivity contribution in [3.63, 3.8) is 0 Å². The maximum atomic E-state index is 11.0. The highest BCUT2D eigenvalue weighted by Crippen LogP contribution is 2.15. The molecular weight excluding hydrogens is 206 g/mol. The van der Waals surface area contributed by atoms with E-state index in [4.69, 9.17) is 9.84 Å². The Morgan fingerprint density at radius 1 is 1.50 bits per heavy atom. The smallest absolute Gasteiger partial charge is 0.407 e. The molecule has 86 valence electrons. The van der Waals surface area contributed by atoms with E-state index >= 15 is 0 Å². The normalized spacial score (nSPS) is 24.0. The molecule has 1 aromatic carbocycles. The van der Waals surface area contributed by atoms with Crippen molar-refractivity contribution in [1.82, 2.24) is 5.32 Å². The van der Waals surface area contributed by atoms with E-state index in [1.54, 1.807) is 0 Å². The van der Waals surface area contributed by atoms with Gasteiger partial charge in [-0.3, -0.25) is 0 Å². The molecule has 1 aliphatic rings. The highest BCUT2D eigenvalue weighted by atomic mass is 16.6. The molecule has 0 saturated carbocycles. The van der Waals surface area contributed by atoms with Crippen LogP contribution in [0.5, 0.6) is 0 Å². The predicted octanol–water partition coefficient (Wildman–Crippen LogP) is 1.01. The van der Waals surface area contributed by atoms with E-state index in [-0.39, 0.29) is 18.8 Å². The maximum Gasteiger partial charge on any atom is 0.407 e. The van der Waals surface area contributed by atoms with Crippen LogP contribution in [-0.4, -0.2) is 30.0 Å². The number of ether oxygens (including phenoxy) is 1. The molecule has 1 aromatic rings. The molecule has 2 unspecified atom stereocenters. The molecule has 1 amide bonds. The van der Waals surface area contributed by atoms with E-state index in [0.717, 1.165) is 5.56 Å². The van der Waals surface area contributed by atoms with Gasteiger partial charge in [0.05, 0.1) is 12.6 Å². The molecule has 1 heterocycles. The van der Waals surface area contributed by atoms with Crippen LogP contribution < -0.4 is 5.32 Å². The average molecular weight is 221 g/mol. The van der Waals surface area contributed by atoms with Crippen LogP contribution in [0.2, 0.25) is 0 Å². The molecule has 0 bridgehead atoms. The van der Waals surface area contributed by atoms with E-state index < -0.39 is 6.09 Å². The fraction of sp³-hybridized carbons (Fsp3) is 0.417. The quantitative estimate of drug-likeness (QED) is 0.800. The fourth-order valence-electron chi connectivity index (χ4n) is 1.92. The summed E-state index contributed by atoms with van der Waals surface area (Å²) >= 11 is 0. The summed E-state index contributed by atoms with van der Waals surface area (Å²) in [6.45, 7) is 1.92. The number of benzene rings is 1. The second-order valence-corrected chi connectivity index (χ2v) is 4.07. The van der Waals surface area contributed by atoms with Gasteiger partial charge >= 0.3 is 6.09 Å². The molecule has 2 rings (SSSR count). The fourth-order valence-corrected chi connectivity index (χ4v) is 1.92. The van der Waals surface area contributed by atoms with Crippen molar-refractivity contribution in [1.29, 1.82) is 0 Å². The van der Waals surface area contributed by atoms with Gasteiger partial charge in [-0.25, -0.2) is 4.79 Å². The average Bonchev–Trinajstić information content (AvgIpc) is 2.59. The number of alkyl carbamates (subject to hydrolysis) is 1. The first-order chi connectivity index (χ1) is 7.69. The Bertz CT molecular complexity index is 392. The molecule has 4 nitrogen and oxygen atoms in total. The van der Waals surface area contributed by atoms with Crippen LogP contribution in [0.15, 0.2) is 24.3 Å². The summed E-state index contributed by atoms with van der Waals surface area (Å²) in [7, 11) is 0. The van der Waals surface area contributed by atoms with Gasteiger partial charge < -0.3 is 15.2 Å². The lowest BCUT2D eigenvalue weighted by Gasteiger charge is -2.14. The van der Waals surface area contributed by atoms with Crippen molar-refractivity contribution in [2.45, 2.75) is 25.5 Å². The molecule has 2 N–H and O–H groups in total. The van der Waals surface area contributed by atoms with Gasteiger partial charge in [-0.05, 0) is 12.5 Å². The van der Waals surface area contributed by atoms with Gasteiger partial charge in [0.25, 0.3) is 0 Å². The van der Waals surface area contributed by atoms with Crippen LogP contribution in [0.25, 0.3) is 0 Å². The van der Waals surface area contributed by atoms with Crippen molar-refractivity contribution in [3.05, 3.63) is 35.4 Å². The number of amides is 1. The second-order valence-electron chi connectivity index (χ2n) is 4.07. The zero-order chi connectivity index (χ0) is 11.5. The van der Waals surface area contributed by atoms with Crippen LogP contribution in [0.1, 0.15) is 11.1 Å². The third kappa shape index (κ3) is 2.33. The SMILES string of the molecule is Cc1cccc(CC2OC(=O)NC2CO)c1. The molecule has 4 heteroatoms. The minimum absolute atomic E-state index is 0.0950. The molecular formula is C12H15NO3. The van der Waals surface area contributed by atoms with Crippen molar-refractivity contribution in [2.75, 3.05) is 6.61 Å². The Hall–Kier alpha value is -1.55. The molecule has 0 aliphatic carbocycles. The van der Waals surface area contributed by atoms with E-state index in [1.165, 1.54) is 5.56 Å². The third-order valence-electron chi connectivity index (χ3n) is 2.73. The zero-order valence-electron chi connectivity index (χ0n) is 9.14. The van der Waals surface area contributed by atoms with Gasteiger partial charge in [0, 0.05) is 6.42 Å². The maximum absolute atomic E-state index is 11.0. The first kappa shape index (κ1) is 11.0. The number of cyclic esters (lactones) is 1.